The predicted molar refractivity (Wildman–Crippen MR) is 59.1 cm³/mol. The van der Waals surface area contributed by atoms with E-state index in [2.05, 4.69) is 0 Å². The molecule has 6 heteroatoms. The lowest BCUT2D eigenvalue weighted by Crippen LogP contribution is -2.41. The number of likely N-dealkylation sites (tertiary alicyclic amines) is 1. The van der Waals surface area contributed by atoms with Crippen LogP contribution in [0.15, 0.2) is 0 Å². The first kappa shape index (κ1) is 12.8. The number of rotatable bonds is 4. The van der Waals surface area contributed by atoms with Gasteiger partial charge in [0.25, 0.3) is 0 Å². The van der Waals surface area contributed by atoms with Crippen LogP contribution in [0.5, 0.6) is 0 Å². The smallest absolute Gasteiger partial charge is 0.319 e. The summed E-state index contributed by atoms with van der Waals surface area (Å²) in [5.41, 5.74) is 5.71. The molecule has 1 atom stereocenters. The Kier molecular flexibility index (Phi) is 4.54. The minimum absolute atomic E-state index is 0.0571. The minimum atomic E-state index is -0.830. The third kappa shape index (κ3) is 3.69. The van der Waals surface area contributed by atoms with Crippen molar-refractivity contribution in [3.8, 4) is 0 Å². The molecule has 0 radical (unpaired) electrons. The molecule has 0 aromatic carbocycles. The van der Waals surface area contributed by atoms with Gasteiger partial charge in [0.1, 0.15) is 0 Å². The first-order valence-corrected chi connectivity index (χ1v) is 5.48. The fraction of sp³-hybridized carbons (Fsp3) is 0.800. The largest absolute Gasteiger partial charge is 0.481 e. The highest BCUT2D eigenvalue weighted by Crippen LogP contribution is 2.09. The van der Waals surface area contributed by atoms with Crippen molar-refractivity contribution in [3.63, 3.8) is 0 Å². The van der Waals surface area contributed by atoms with E-state index in [4.69, 9.17) is 10.8 Å². The number of carbonyl (C=O) groups excluding carboxylic acids is 1. The molecule has 0 aromatic heterocycles. The predicted octanol–water partition coefficient (Wildman–Crippen LogP) is -0.0640. The minimum Gasteiger partial charge on any atom is -0.481 e. The molecule has 1 aliphatic heterocycles. The second-order valence-electron chi connectivity index (χ2n) is 4.20. The second-order valence-corrected chi connectivity index (χ2v) is 4.20. The molecule has 6 nitrogen and oxygen atoms in total. The zero-order chi connectivity index (χ0) is 12.1. The van der Waals surface area contributed by atoms with E-state index in [1.165, 1.54) is 0 Å². The first-order valence-electron chi connectivity index (χ1n) is 5.48. The summed E-state index contributed by atoms with van der Waals surface area (Å²) in [6, 6.07) is 0.0229. The number of nitrogens with two attached hydrogens (primary N) is 1. The molecule has 1 unspecified atom stereocenters. The molecule has 0 aliphatic carbocycles. The van der Waals surface area contributed by atoms with Crippen LogP contribution >= 0.6 is 0 Å². The van der Waals surface area contributed by atoms with Crippen LogP contribution in [0.25, 0.3) is 0 Å². The van der Waals surface area contributed by atoms with E-state index in [0.29, 0.717) is 26.1 Å². The van der Waals surface area contributed by atoms with Gasteiger partial charge in [-0.3, -0.25) is 4.79 Å². The lowest BCUT2D eigenvalue weighted by molar-refractivity contribution is -0.137. The zero-order valence-corrected chi connectivity index (χ0v) is 9.56. The number of amides is 2. The lowest BCUT2D eigenvalue weighted by Gasteiger charge is -2.24. The molecular weight excluding hydrogens is 210 g/mol. The standard InChI is InChI=1S/C10H19N3O3/c1-12(5-2-3-9(14)15)10(16)13-6-4-8(11)7-13/h8H,2-7,11H2,1H3,(H,14,15). The third-order valence-electron chi connectivity index (χ3n) is 2.71. The highest BCUT2D eigenvalue weighted by Gasteiger charge is 2.25. The molecule has 1 saturated heterocycles. The monoisotopic (exact) mass is 229 g/mol. The molecule has 1 fully saturated rings. The molecule has 92 valence electrons. The summed E-state index contributed by atoms with van der Waals surface area (Å²) >= 11 is 0. The molecule has 3 N–H and O–H groups in total. The van der Waals surface area contributed by atoms with Crippen LogP contribution in [0.3, 0.4) is 0 Å². The van der Waals surface area contributed by atoms with E-state index in [-0.39, 0.29) is 18.5 Å². The number of nitrogens with zero attached hydrogens (tertiary/aromatic N) is 2. The van der Waals surface area contributed by atoms with E-state index in [9.17, 15) is 9.59 Å². The number of carboxylic acids is 1. The van der Waals surface area contributed by atoms with E-state index < -0.39 is 5.97 Å². The second kappa shape index (κ2) is 5.69. The van der Waals surface area contributed by atoms with Gasteiger partial charge >= 0.3 is 12.0 Å². The Balaban J connectivity index is 2.27. The summed E-state index contributed by atoms with van der Waals surface area (Å²) in [6.45, 7) is 1.77. The molecule has 0 spiro atoms. The highest BCUT2D eigenvalue weighted by molar-refractivity contribution is 5.74. The summed E-state index contributed by atoms with van der Waals surface area (Å²) in [5.74, 6) is -0.830. The topological polar surface area (TPSA) is 86.9 Å². The summed E-state index contributed by atoms with van der Waals surface area (Å²) in [6.07, 6.45) is 1.42. The van der Waals surface area contributed by atoms with Crippen molar-refractivity contribution in [1.82, 2.24) is 9.80 Å². The van der Waals surface area contributed by atoms with Gasteiger partial charge in [0, 0.05) is 39.1 Å². The van der Waals surface area contributed by atoms with Crippen molar-refractivity contribution >= 4 is 12.0 Å². The molecule has 0 aromatic rings. The summed E-state index contributed by atoms with van der Waals surface area (Å²) < 4.78 is 0. The molecule has 16 heavy (non-hydrogen) atoms. The fourth-order valence-electron chi connectivity index (χ4n) is 1.77. The maximum absolute atomic E-state index is 11.8. The molecule has 1 aliphatic rings. The lowest BCUT2D eigenvalue weighted by atomic mass is 10.3. The summed E-state index contributed by atoms with van der Waals surface area (Å²) in [7, 11) is 1.69. The number of hydrogen-bond acceptors (Lipinski definition) is 3. The first-order chi connectivity index (χ1) is 7.50. The van der Waals surface area contributed by atoms with Crippen molar-refractivity contribution in [2.24, 2.45) is 5.73 Å². The Labute approximate surface area is 95.0 Å². The van der Waals surface area contributed by atoms with Crippen molar-refractivity contribution in [1.29, 1.82) is 0 Å². The van der Waals surface area contributed by atoms with Crippen LogP contribution in [0.4, 0.5) is 4.79 Å². The van der Waals surface area contributed by atoms with Crippen molar-refractivity contribution in [2.45, 2.75) is 25.3 Å². The maximum atomic E-state index is 11.8. The normalized spacial score (nSPS) is 19.9. The van der Waals surface area contributed by atoms with Crippen LogP contribution in [0.1, 0.15) is 19.3 Å². The van der Waals surface area contributed by atoms with Gasteiger partial charge in [-0.15, -0.1) is 0 Å². The van der Waals surface area contributed by atoms with Crippen molar-refractivity contribution in [3.05, 3.63) is 0 Å². The Hall–Kier alpha value is -1.30. The average molecular weight is 229 g/mol. The van der Waals surface area contributed by atoms with E-state index in [0.717, 1.165) is 6.42 Å². The van der Waals surface area contributed by atoms with Crippen molar-refractivity contribution < 1.29 is 14.7 Å². The molecule has 0 saturated carbocycles. The van der Waals surface area contributed by atoms with Crippen LogP contribution < -0.4 is 5.73 Å². The SMILES string of the molecule is CN(CCCC(=O)O)C(=O)N1CCC(N)C1. The van der Waals surface area contributed by atoms with Gasteiger partial charge in [0.05, 0.1) is 0 Å². The number of aliphatic carboxylic acids is 1. The Morgan fingerprint density at radius 3 is 2.75 bits per heavy atom. The van der Waals surface area contributed by atoms with E-state index >= 15 is 0 Å². The quantitative estimate of drug-likeness (QED) is 0.706. The molecular formula is C10H19N3O3. The Morgan fingerprint density at radius 1 is 1.56 bits per heavy atom. The third-order valence-corrected chi connectivity index (χ3v) is 2.71. The van der Waals surface area contributed by atoms with Gasteiger partial charge < -0.3 is 20.6 Å². The van der Waals surface area contributed by atoms with E-state index in [1.807, 2.05) is 0 Å². The van der Waals surface area contributed by atoms with Gasteiger partial charge in [0.2, 0.25) is 0 Å². The molecule has 1 heterocycles. The van der Waals surface area contributed by atoms with E-state index in [1.54, 1.807) is 16.8 Å². The van der Waals surface area contributed by atoms with Crippen LogP contribution in [-0.4, -0.2) is 59.6 Å². The van der Waals surface area contributed by atoms with Gasteiger partial charge in [0.15, 0.2) is 0 Å². The summed E-state index contributed by atoms with van der Waals surface area (Å²) in [4.78, 5) is 25.4. The van der Waals surface area contributed by atoms with Crippen molar-refractivity contribution in [2.75, 3.05) is 26.7 Å². The molecule has 1 rings (SSSR count). The molecule has 0 bridgehead atoms. The number of carbonyl (C=O) groups is 2. The number of hydrogen-bond donors (Lipinski definition) is 2. The van der Waals surface area contributed by atoms with Gasteiger partial charge in [-0.25, -0.2) is 4.79 Å². The highest BCUT2D eigenvalue weighted by atomic mass is 16.4. The van der Waals surface area contributed by atoms with Gasteiger partial charge in [-0.1, -0.05) is 0 Å². The van der Waals surface area contributed by atoms with Crippen LogP contribution in [0.2, 0.25) is 0 Å². The Morgan fingerprint density at radius 2 is 2.25 bits per heavy atom. The Bertz CT molecular complexity index is 270. The zero-order valence-electron chi connectivity index (χ0n) is 9.56. The average Bonchev–Trinajstić information content (AvgIpc) is 2.63. The number of carboxylic acid groups (broad SMARTS) is 1. The van der Waals surface area contributed by atoms with Gasteiger partial charge in [-0.05, 0) is 12.8 Å². The van der Waals surface area contributed by atoms with Crippen LogP contribution in [0, 0.1) is 0 Å². The van der Waals surface area contributed by atoms with Crippen LogP contribution in [-0.2, 0) is 4.79 Å². The molecule has 2 amide bonds. The van der Waals surface area contributed by atoms with Gasteiger partial charge in [-0.2, -0.15) is 0 Å². The fourth-order valence-corrected chi connectivity index (χ4v) is 1.77. The summed E-state index contributed by atoms with van der Waals surface area (Å²) in [5, 5.41) is 8.48. The maximum Gasteiger partial charge on any atom is 0.319 e. The number of urea groups is 1.